The summed E-state index contributed by atoms with van der Waals surface area (Å²) in [4.78, 5) is 29.9. The Morgan fingerprint density at radius 2 is 1.72 bits per heavy atom. The number of aryl methyl sites for hydroxylation is 1. The van der Waals surface area contributed by atoms with Crippen LogP contribution in [0, 0.1) is 6.92 Å². The average Bonchev–Trinajstić information content (AvgIpc) is 3.69. The number of anilines is 1. The fourth-order valence-electron chi connectivity index (χ4n) is 6.04. The summed E-state index contributed by atoms with van der Waals surface area (Å²) in [7, 11) is -2.56. The highest BCUT2D eigenvalue weighted by Gasteiger charge is 2.22. The van der Waals surface area contributed by atoms with Crippen molar-refractivity contribution in [3.8, 4) is 5.75 Å². The third kappa shape index (κ3) is 7.30. The van der Waals surface area contributed by atoms with E-state index in [1.165, 1.54) is 13.2 Å². The summed E-state index contributed by atoms with van der Waals surface area (Å²) in [5.74, 6) is -0.317. The first-order chi connectivity index (χ1) is 22.7. The van der Waals surface area contributed by atoms with E-state index < -0.39 is 22.0 Å². The molecule has 0 bridgehead atoms. The van der Waals surface area contributed by atoms with Gasteiger partial charge < -0.3 is 14.0 Å². The van der Waals surface area contributed by atoms with Crippen LogP contribution in [0.25, 0.3) is 10.9 Å². The van der Waals surface area contributed by atoms with Crippen LogP contribution in [0.15, 0.2) is 96.3 Å². The lowest BCUT2D eigenvalue weighted by Gasteiger charge is -2.13. The molecule has 0 unspecified atom stereocenters. The van der Waals surface area contributed by atoms with Crippen LogP contribution in [0.2, 0.25) is 0 Å². The molecular weight excluding hydrogens is 616 g/mol. The van der Waals surface area contributed by atoms with E-state index in [9.17, 15) is 18.0 Å². The summed E-state index contributed by atoms with van der Waals surface area (Å²) in [5.41, 5.74) is 5.13. The first-order valence-electron chi connectivity index (χ1n) is 15.5. The maximum atomic E-state index is 13.1. The Morgan fingerprint density at radius 3 is 2.47 bits per heavy atom. The van der Waals surface area contributed by atoms with Gasteiger partial charge in [-0.1, -0.05) is 24.3 Å². The number of rotatable bonds is 10. The fraction of sp³-hybridized carbons (Fsp3) is 0.250. The second-order valence-electron chi connectivity index (χ2n) is 11.7. The van der Waals surface area contributed by atoms with Gasteiger partial charge in [-0.2, -0.15) is 0 Å². The average molecular weight is 653 g/mol. The van der Waals surface area contributed by atoms with Gasteiger partial charge in [0.05, 0.1) is 12.0 Å². The first-order valence-corrected chi connectivity index (χ1v) is 17.0. The van der Waals surface area contributed by atoms with Crippen LogP contribution in [0.4, 0.5) is 10.5 Å². The Balaban J connectivity index is 1.28. The standard InChI is InChI=1S/C36H36N4O6S/c1-24-7-3-6-10-34(24)47(43,44)39-35(41)27-12-11-26(33(20-27)45-2)19-28-23-40(22-25-15-17-37-18-16-25)32-14-13-29(21-31(28)32)38-36(42)46-30-8-4-5-9-30/h3,6-7,10-18,20-21,23,30H,4-5,8-9,19,22H2,1-2H3,(H,38,42)(H,39,41). The lowest BCUT2D eigenvalue weighted by atomic mass is 10.0. The first kappa shape index (κ1) is 31.8. The quantitative estimate of drug-likeness (QED) is 0.174. The van der Waals surface area contributed by atoms with E-state index in [0.717, 1.165) is 53.3 Å². The molecule has 2 heterocycles. The molecule has 0 atom stereocenters. The van der Waals surface area contributed by atoms with Gasteiger partial charge in [0.2, 0.25) is 0 Å². The number of nitrogens with zero attached hydrogens (tertiary/aromatic N) is 2. The summed E-state index contributed by atoms with van der Waals surface area (Å²) in [6.45, 7) is 2.28. The Morgan fingerprint density at radius 1 is 0.957 bits per heavy atom. The number of nitrogens with one attached hydrogen (secondary N) is 2. The number of sulfonamides is 1. The number of benzene rings is 3. The van der Waals surface area contributed by atoms with E-state index in [4.69, 9.17) is 9.47 Å². The molecule has 47 heavy (non-hydrogen) atoms. The maximum Gasteiger partial charge on any atom is 0.411 e. The van der Waals surface area contributed by atoms with Gasteiger partial charge in [0.25, 0.3) is 15.9 Å². The fourth-order valence-corrected chi connectivity index (χ4v) is 7.26. The predicted octanol–water partition coefficient (Wildman–Crippen LogP) is 6.60. The largest absolute Gasteiger partial charge is 0.496 e. The number of fused-ring (bicyclic) bond motifs is 1. The maximum absolute atomic E-state index is 13.1. The highest BCUT2D eigenvalue weighted by molar-refractivity contribution is 7.90. The van der Waals surface area contributed by atoms with Gasteiger partial charge in [0.1, 0.15) is 11.9 Å². The van der Waals surface area contributed by atoms with E-state index in [2.05, 4.69) is 25.8 Å². The molecule has 5 aromatic rings. The van der Waals surface area contributed by atoms with Crippen molar-refractivity contribution in [1.29, 1.82) is 0 Å². The van der Waals surface area contributed by atoms with Gasteiger partial charge in [0, 0.05) is 53.7 Å². The third-order valence-corrected chi connectivity index (χ3v) is 9.92. The second kappa shape index (κ2) is 13.7. The van der Waals surface area contributed by atoms with Crippen molar-refractivity contribution < 1.29 is 27.5 Å². The van der Waals surface area contributed by atoms with Crippen LogP contribution in [0.5, 0.6) is 5.75 Å². The monoisotopic (exact) mass is 652 g/mol. The third-order valence-electron chi connectivity index (χ3n) is 8.43. The molecule has 2 amide bonds. The molecule has 1 aliphatic carbocycles. The molecule has 3 aromatic carbocycles. The van der Waals surface area contributed by atoms with Gasteiger partial charge in [-0.25, -0.2) is 17.9 Å². The van der Waals surface area contributed by atoms with E-state index >= 15 is 0 Å². The normalized spacial score (nSPS) is 13.4. The van der Waals surface area contributed by atoms with Crippen molar-refractivity contribution in [3.05, 3.63) is 119 Å². The number of aromatic nitrogens is 2. The Bertz CT molecular complexity index is 2040. The predicted molar refractivity (Wildman–Crippen MR) is 179 cm³/mol. The molecule has 0 saturated heterocycles. The number of hydrogen-bond donors (Lipinski definition) is 2. The van der Waals surface area contributed by atoms with Crippen molar-refractivity contribution in [2.24, 2.45) is 0 Å². The van der Waals surface area contributed by atoms with E-state index in [-0.39, 0.29) is 16.6 Å². The summed E-state index contributed by atoms with van der Waals surface area (Å²) in [5, 5.41) is 3.83. The number of amides is 2. The minimum absolute atomic E-state index is 0.0424. The SMILES string of the molecule is COc1cc(C(=O)NS(=O)(=O)c2ccccc2C)ccc1Cc1cn(Cc2ccncc2)c2ccc(NC(=O)OC3CCCC3)cc12. The van der Waals surface area contributed by atoms with E-state index in [0.29, 0.717) is 30.0 Å². The summed E-state index contributed by atoms with van der Waals surface area (Å²) < 4.78 is 41.5. The van der Waals surface area contributed by atoms with Gasteiger partial charge in [-0.3, -0.25) is 15.1 Å². The molecule has 0 radical (unpaired) electrons. The zero-order valence-electron chi connectivity index (χ0n) is 26.2. The minimum atomic E-state index is -4.07. The number of methoxy groups -OCH3 is 1. The molecule has 10 nitrogen and oxygen atoms in total. The molecule has 2 N–H and O–H groups in total. The van der Waals surface area contributed by atoms with Gasteiger partial charge in [0.15, 0.2) is 0 Å². The van der Waals surface area contributed by atoms with Crippen LogP contribution < -0.4 is 14.8 Å². The van der Waals surface area contributed by atoms with Crippen LogP contribution in [-0.4, -0.2) is 43.2 Å². The van der Waals surface area contributed by atoms with Crippen LogP contribution in [-0.2, 0) is 27.7 Å². The molecule has 11 heteroatoms. The van der Waals surface area contributed by atoms with Crippen molar-refractivity contribution in [2.45, 2.75) is 56.6 Å². The summed E-state index contributed by atoms with van der Waals surface area (Å²) >= 11 is 0. The number of ether oxygens (including phenoxy) is 2. The van der Waals surface area contributed by atoms with Crippen molar-refractivity contribution in [3.63, 3.8) is 0 Å². The molecule has 1 aliphatic rings. The molecule has 0 spiro atoms. The molecule has 242 valence electrons. The highest BCUT2D eigenvalue weighted by atomic mass is 32.2. The Labute approximate surface area is 273 Å². The topological polar surface area (TPSA) is 129 Å². The summed E-state index contributed by atoms with van der Waals surface area (Å²) in [6, 6.07) is 21.1. The lowest BCUT2D eigenvalue weighted by molar-refractivity contribution is 0.0980. The molecule has 1 saturated carbocycles. The number of carbonyl (C=O) groups is 2. The molecule has 2 aromatic heterocycles. The molecule has 1 fully saturated rings. The smallest absolute Gasteiger partial charge is 0.411 e. The van der Waals surface area contributed by atoms with Crippen LogP contribution in [0.3, 0.4) is 0 Å². The zero-order valence-corrected chi connectivity index (χ0v) is 27.0. The zero-order chi connectivity index (χ0) is 33.0. The van der Waals surface area contributed by atoms with E-state index in [1.807, 2.05) is 30.3 Å². The van der Waals surface area contributed by atoms with Crippen molar-refractivity contribution in [2.75, 3.05) is 12.4 Å². The Hall–Kier alpha value is -5.16. The minimum Gasteiger partial charge on any atom is -0.496 e. The van der Waals surface area contributed by atoms with Crippen LogP contribution >= 0.6 is 0 Å². The lowest BCUT2D eigenvalue weighted by Crippen LogP contribution is -2.31. The molecule has 0 aliphatic heterocycles. The highest BCUT2D eigenvalue weighted by Crippen LogP contribution is 2.31. The molecule has 6 rings (SSSR count). The second-order valence-corrected chi connectivity index (χ2v) is 13.4. The van der Waals surface area contributed by atoms with Crippen LogP contribution in [0.1, 0.15) is 58.3 Å². The van der Waals surface area contributed by atoms with Gasteiger partial charge in [-0.05, 0) is 103 Å². The number of pyridine rings is 1. The van der Waals surface area contributed by atoms with Crippen molar-refractivity contribution >= 4 is 38.6 Å². The Kier molecular flexibility index (Phi) is 9.26. The van der Waals surface area contributed by atoms with Crippen molar-refractivity contribution in [1.82, 2.24) is 14.3 Å². The number of carbonyl (C=O) groups excluding carboxylic acids is 2. The van der Waals surface area contributed by atoms with Gasteiger partial charge in [-0.15, -0.1) is 0 Å². The number of hydrogen-bond acceptors (Lipinski definition) is 7. The van der Waals surface area contributed by atoms with E-state index in [1.54, 1.807) is 55.7 Å². The van der Waals surface area contributed by atoms with Gasteiger partial charge >= 0.3 is 6.09 Å². The molecular formula is C36H36N4O6S. The summed E-state index contributed by atoms with van der Waals surface area (Å²) in [6.07, 6.45) is 9.44.